The van der Waals surface area contributed by atoms with Crippen LogP contribution in [-0.2, 0) is 7.05 Å². The lowest BCUT2D eigenvalue weighted by molar-refractivity contribution is 0.774. The van der Waals surface area contributed by atoms with Gasteiger partial charge in [-0.2, -0.15) is 5.10 Å². The van der Waals surface area contributed by atoms with Crippen LogP contribution in [0.25, 0.3) is 11.3 Å². The molecular formula is C11H15N3S. The van der Waals surface area contributed by atoms with Crippen LogP contribution in [0.5, 0.6) is 0 Å². The Morgan fingerprint density at radius 2 is 2.20 bits per heavy atom. The molecule has 0 amide bonds. The lowest BCUT2D eigenvalue weighted by atomic mass is 10.0. The summed E-state index contributed by atoms with van der Waals surface area (Å²) in [5.74, 6) is 0.481. The molecule has 0 unspecified atom stereocenters. The summed E-state index contributed by atoms with van der Waals surface area (Å²) in [5, 5.41) is 7.23. The van der Waals surface area contributed by atoms with Crippen molar-refractivity contribution in [3.8, 4) is 11.3 Å². The maximum atomic E-state index is 5.75. The predicted octanol–water partition coefficient (Wildman–Crippen LogP) is 2.85. The largest absolute Gasteiger partial charge is 0.391 e. The van der Waals surface area contributed by atoms with Gasteiger partial charge in [-0.25, -0.2) is 0 Å². The highest BCUT2D eigenvalue weighted by Gasteiger charge is 2.14. The van der Waals surface area contributed by atoms with Crippen molar-refractivity contribution in [2.75, 3.05) is 5.73 Å². The number of aryl methyl sites for hydroxylation is 1. The van der Waals surface area contributed by atoms with Crippen LogP contribution < -0.4 is 5.73 Å². The normalized spacial score (nSPS) is 11.2. The van der Waals surface area contributed by atoms with Gasteiger partial charge in [0.05, 0.1) is 16.9 Å². The highest BCUT2D eigenvalue weighted by Crippen LogP contribution is 2.32. The van der Waals surface area contributed by atoms with Gasteiger partial charge < -0.3 is 5.73 Å². The first-order valence-electron chi connectivity index (χ1n) is 4.96. The molecule has 0 aliphatic heterocycles. The Bertz CT molecular complexity index is 468. The van der Waals surface area contributed by atoms with Crippen molar-refractivity contribution in [2.45, 2.75) is 19.8 Å². The van der Waals surface area contributed by atoms with Crippen LogP contribution in [0.15, 0.2) is 17.6 Å². The van der Waals surface area contributed by atoms with Crippen LogP contribution >= 0.6 is 11.3 Å². The van der Waals surface area contributed by atoms with Crippen molar-refractivity contribution in [2.24, 2.45) is 7.05 Å². The molecule has 2 N–H and O–H groups in total. The molecule has 0 bridgehead atoms. The molecule has 3 nitrogen and oxygen atoms in total. The molecule has 0 fully saturated rings. The molecule has 0 aliphatic carbocycles. The highest BCUT2D eigenvalue weighted by molar-refractivity contribution is 7.14. The standard InChI is InChI=1S/C11H15N3S/c1-7(2)9-5-13-14(3)11(9)8-4-10(12)15-6-8/h4-7H,12H2,1-3H3. The minimum atomic E-state index is 0.481. The van der Waals surface area contributed by atoms with Gasteiger partial charge in [0.15, 0.2) is 0 Å². The average Bonchev–Trinajstić information content (AvgIpc) is 2.71. The van der Waals surface area contributed by atoms with E-state index in [9.17, 15) is 0 Å². The van der Waals surface area contributed by atoms with Gasteiger partial charge >= 0.3 is 0 Å². The van der Waals surface area contributed by atoms with Gasteiger partial charge in [0.2, 0.25) is 0 Å². The monoisotopic (exact) mass is 221 g/mol. The van der Waals surface area contributed by atoms with Crippen molar-refractivity contribution < 1.29 is 0 Å². The first-order chi connectivity index (χ1) is 7.09. The van der Waals surface area contributed by atoms with Crippen molar-refractivity contribution >= 4 is 16.3 Å². The minimum absolute atomic E-state index is 0.481. The van der Waals surface area contributed by atoms with Gasteiger partial charge in [0, 0.05) is 23.6 Å². The number of thiophene rings is 1. The Morgan fingerprint density at radius 1 is 1.47 bits per heavy atom. The van der Waals surface area contributed by atoms with Crippen molar-refractivity contribution in [1.82, 2.24) is 9.78 Å². The first kappa shape index (κ1) is 10.2. The average molecular weight is 221 g/mol. The van der Waals surface area contributed by atoms with Gasteiger partial charge in [-0.15, -0.1) is 11.3 Å². The van der Waals surface area contributed by atoms with E-state index in [4.69, 9.17) is 5.73 Å². The van der Waals surface area contributed by atoms with Gasteiger partial charge in [0.25, 0.3) is 0 Å². The lowest BCUT2D eigenvalue weighted by Crippen LogP contribution is -1.95. The molecule has 0 saturated heterocycles. The van der Waals surface area contributed by atoms with Crippen LogP contribution in [0.1, 0.15) is 25.3 Å². The summed E-state index contributed by atoms with van der Waals surface area (Å²) in [6, 6.07) is 2.01. The van der Waals surface area contributed by atoms with Crippen molar-refractivity contribution in [1.29, 1.82) is 0 Å². The summed E-state index contributed by atoms with van der Waals surface area (Å²) < 4.78 is 1.91. The Hall–Kier alpha value is -1.29. The molecule has 0 spiro atoms. The molecule has 2 aromatic heterocycles. The van der Waals surface area contributed by atoms with E-state index in [0.29, 0.717) is 5.92 Å². The Morgan fingerprint density at radius 3 is 2.73 bits per heavy atom. The van der Waals surface area contributed by atoms with Crippen LogP contribution in [-0.4, -0.2) is 9.78 Å². The van der Waals surface area contributed by atoms with Gasteiger partial charge in [-0.3, -0.25) is 4.68 Å². The van der Waals surface area contributed by atoms with E-state index in [-0.39, 0.29) is 0 Å². The molecule has 2 heterocycles. The quantitative estimate of drug-likeness (QED) is 0.847. The molecule has 0 saturated carbocycles. The summed E-state index contributed by atoms with van der Waals surface area (Å²) in [6.45, 7) is 4.35. The second-order valence-electron chi connectivity index (χ2n) is 3.96. The third-order valence-corrected chi connectivity index (χ3v) is 3.24. The molecule has 0 aromatic carbocycles. The van der Waals surface area contributed by atoms with Crippen LogP contribution in [0.4, 0.5) is 5.00 Å². The maximum Gasteiger partial charge on any atom is 0.0863 e. The molecule has 0 aliphatic rings. The molecular weight excluding hydrogens is 206 g/mol. The molecule has 4 heteroatoms. The van der Waals surface area contributed by atoms with Crippen LogP contribution in [0.2, 0.25) is 0 Å². The van der Waals surface area contributed by atoms with E-state index in [1.807, 2.05) is 24.0 Å². The Balaban J connectivity index is 2.55. The summed E-state index contributed by atoms with van der Waals surface area (Å²) in [6.07, 6.45) is 1.94. The number of nitrogen functional groups attached to an aromatic ring is 1. The zero-order chi connectivity index (χ0) is 11.0. The summed E-state index contributed by atoms with van der Waals surface area (Å²) in [5.41, 5.74) is 9.37. The predicted molar refractivity (Wildman–Crippen MR) is 65.0 cm³/mol. The fourth-order valence-corrected chi connectivity index (χ4v) is 2.35. The molecule has 15 heavy (non-hydrogen) atoms. The second kappa shape index (κ2) is 3.70. The third-order valence-electron chi connectivity index (χ3n) is 2.48. The number of rotatable bonds is 2. The van der Waals surface area contributed by atoms with Gasteiger partial charge in [-0.05, 0) is 12.0 Å². The van der Waals surface area contributed by atoms with Crippen molar-refractivity contribution in [3.63, 3.8) is 0 Å². The number of anilines is 1. The lowest BCUT2D eigenvalue weighted by Gasteiger charge is -2.06. The smallest absolute Gasteiger partial charge is 0.0863 e. The Labute approximate surface area is 93.5 Å². The molecule has 2 rings (SSSR count). The number of nitrogens with two attached hydrogens (primary N) is 1. The van der Waals surface area contributed by atoms with E-state index in [0.717, 1.165) is 5.00 Å². The minimum Gasteiger partial charge on any atom is -0.391 e. The number of nitrogens with zero attached hydrogens (tertiary/aromatic N) is 2. The summed E-state index contributed by atoms with van der Waals surface area (Å²) in [4.78, 5) is 0. The van der Waals surface area contributed by atoms with Crippen LogP contribution in [0.3, 0.4) is 0 Å². The zero-order valence-corrected chi connectivity index (χ0v) is 10.0. The van der Waals surface area contributed by atoms with E-state index in [1.54, 1.807) is 11.3 Å². The van der Waals surface area contributed by atoms with E-state index < -0.39 is 0 Å². The van der Waals surface area contributed by atoms with E-state index in [1.165, 1.54) is 16.8 Å². The number of hydrogen-bond donors (Lipinski definition) is 1. The van der Waals surface area contributed by atoms with E-state index >= 15 is 0 Å². The summed E-state index contributed by atoms with van der Waals surface area (Å²) in [7, 11) is 1.97. The third kappa shape index (κ3) is 1.77. The van der Waals surface area contributed by atoms with Crippen molar-refractivity contribution in [3.05, 3.63) is 23.2 Å². The van der Waals surface area contributed by atoms with E-state index in [2.05, 4.69) is 24.3 Å². The number of aromatic nitrogens is 2. The van der Waals surface area contributed by atoms with Gasteiger partial charge in [0.1, 0.15) is 0 Å². The topological polar surface area (TPSA) is 43.8 Å². The number of hydrogen-bond acceptors (Lipinski definition) is 3. The maximum absolute atomic E-state index is 5.75. The second-order valence-corrected chi connectivity index (χ2v) is 4.91. The molecule has 80 valence electrons. The summed E-state index contributed by atoms with van der Waals surface area (Å²) >= 11 is 1.57. The zero-order valence-electron chi connectivity index (χ0n) is 9.19. The fraction of sp³-hybridized carbons (Fsp3) is 0.364. The first-order valence-corrected chi connectivity index (χ1v) is 5.84. The molecule has 2 aromatic rings. The SMILES string of the molecule is CC(C)c1cnn(C)c1-c1csc(N)c1. The van der Waals surface area contributed by atoms with Gasteiger partial charge in [-0.1, -0.05) is 13.8 Å². The molecule has 0 radical (unpaired) electrons. The fourth-order valence-electron chi connectivity index (χ4n) is 1.71. The Kier molecular flexibility index (Phi) is 2.52. The molecule has 0 atom stereocenters. The highest BCUT2D eigenvalue weighted by atomic mass is 32.1. The van der Waals surface area contributed by atoms with Crippen LogP contribution in [0, 0.1) is 0 Å².